The molecule has 0 atom stereocenters. The Morgan fingerprint density at radius 3 is 2.18 bits per heavy atom. The molecule has 4 nitrogen and oxygen atoms in total. The lowest BCUT2D eigenvalue weighted by atomic mass is 10.1. The predicted molar refractivity (Wildman–Crippen MR) is 65.0 cm³/mol. The number of carboxylic acid groups (broad SMARTS) is 1. The van der Waals surface area contributed by atoms with Crippen molar-refractivity contribution >= 4 is 15.8 Å². The van der Waals surface area contributed by atoms with Crippen molar-refractivity contribution < 1.29 is 18.3 Å². The Balaban J connectivity index is 3.15. The van der Waals surface area contributed by atoms with Crippen LogP contribution in [0.3, 0.4) is 0 Å². The first-order chi connectivity index (χ1) is 7.74. The van der Waals surface area contributed by atoms with Gasteiger partial charge in [0.2, 0.25) is 0 Å². The maximum atomic E-state index is 12.0. The Kier molecular flexibility index (Phi) is 3.93. The van der Waals surface area contributed by atoms with E-state index in [-0.39, 0.29) is 17.1 Å². The van der Waals surface area contributed by atoms with Crippen LogP contribution in [0.25, 0.3) is 0 Å². The zero-order valence-corrected chi connectivity index (χ0v) is 11.0. The number of benzene rings is 1. The van der Waals surface area contributed by atoms with E-state index in [1.54, 1.807) is 13.0 Å². The zero-order valence-electron chi connectivity index (χ0n) is 10.1. The minimum atomic E-state index is -3.51. The summed E-state index contributed by atoms with van der Waals surface area (Å²) in [5.41, 5.74) is 2.59. The summed E-state index contributed by atoms with van der Waals surface area (Å²) in [7, 11) is -3.51. The quantitative estimate of drug-likeness (QED) is 0.892. The Labute approximate surface area is 101 Å². The van der Waals surface area contributed by atoms with Gasteiger partial charge < -0.3 is 5.11 Å². The van der Waals surface area contributed by atoms with Crippen LogP contribution in [0.1, 0.15) is 23.1 Å². The van der Waals surface area contributed by atoms with E-state index in [4.69, 9.17) is 5.11 Å². The molecule has 1 N–H and O–H groups in total. The van der Waals surface area contributed by atoms with Crippen LogP contribution in [-0.4, -0.2) is 25.2 Å². The van der Waals surface area contributed by atoms with Gasteiger partial charge in [-0.15, -0.1) is 0 Å². The fraction of sp³-hybridized carbons (Fsp3) is 0.417. The van der Waals surface area contributed by atoms with E-state index in [0.717, 1.165) is 11.1 Å². The maximum absolute atomic E-state index is 12.0. The van der Waals surface area contributed by atoms with Crippen LogP contribution in [0.15, 0.2) is 17.0 Å². The van der Waals surface area contributed by atoms with Crippen LogP contribution >= 0.6 is 0 Å². The zero-order chi connectivity index (χ0) is 13.2. The molecule has 0 aliphatic carbocycles. The second-order valence-corrected chi connectivity index (χ2v) is 6.24. The fourth-order valence-corrected chi connectivity index (χ4v) is 3.17. The minimum absolute atomic E-state index is 0.238. The van der Waals surface area contributed by atoms with Crippen LogP contribution in [0, 0.1) is 20.8 Å². The molecule has 0 aliphatic rings. The average molecular weight is 256 g/mol. The van der Waals surface area contributed by atoms with E-state index in [9.17, 15) is 13.2 Å². The van der Waals surface area contributed by atoms with Gasteiger partial charge in [-0.1, -0.05) is 6.07 Å². The Hall–Kier alpha value is -1.36. The molecule has 0 amide bonds. The standard InChI is InChI=1S/C12H16O4S/c1-8-6-10(3)11(7-9(8)2)17(15,16)5-4-12(13)14/h6-7H,4-5H2,1-3H3,(H,13,14). The SMILES string of the molecule is Cc1cc(C)c(S(=O)(=O)CCC(=O)O)cc1C. The van der Waals surface area contributed by atoms with Crippen LogP contribution < -0.4 is 0 Å². The Morgan fingerprint density at radius 1 is 1.12 bits per heavy atom. The van der Waals surface area contributed by atoms with Gasteiger partial charge in [0.15, 0.2) is 9.84 Å². The van der Waals surface area contributed by atoms with Gasteiger partial charge in [0.1, 0.15) is 0 Å². The molecule has 0 unspecified atom stereocenters. The molecule has 1 rings (SSSR count). The summed E-state index contributed by atoms with van der Waals surface area (Å²) in [5.74, 6) is -1.46. The van der Waals surface area contributed by atoms with Crippen LogP contribution in [0.4, 0.5) is 0 Å². The summed E-state index contributed by atoms with van der Waals surface area (Å²) in [6.07, 6.45) is -0.366. The lowest BCUT2D eigenvalue weighted by molar-refractivity contribution is -0.136. The molecule has 5 heteroatoms. The monoisotopic (exact) mass is 256 g/mol. The van der Waals surface area contributed by atoms with Crippen molar-refractivity contribution in [1.82, 2.24) is 0 Å². The molecule has 1 aromatic rings. The highest BCUT2D eigenvalue weighted by Gasteiger charge is 2.19. The van der Waals surface area contributed by atoms with Gasteiger partial charge in [-0.25, -0.2) is 8.42 Å². The summed E-state index contributed by atoms with van der Waals surface area (Å²) in [4.78, 5) is 10.7. The number of rotatable bonds is 4. The lowest BCUT2D eigenvalue weighted by Crippen LogP contribution is -2.12. The molecule has 17 heavy (non-hydrogen) atoms. The molecular weight excluding hydrogens is 240 g/mol. The third-order valence-corrected chi connectivity index (χ3v) is 4.56. The molecule has 0 radical (unpaired) electrons. The summed E-state index contributed by atoms with van der Waals surface area (Å²) < 4.78 is 23.9. The van der Waals surface area contributed by atoms with E-state index in [0.29, 0.717) is 5.56 Å². The molecular formula is C12H16O4S. The van der Waals surface area contributed by atoms with Gasteiger partial charge in [0.25, 0.3) is 0 Å². The first-order valence-corrected chi connectivity index (χ1v) is 6.91. The van der Waals surface area contributed by atoms with E-state index in [1.807, 2.05) is 19.9 Å². The molecule has 0 spiro atoms. The second kappa shape index (κ2) is 4.87. The van der Waals surface area contributed by atoms with E-state index >= 15 is 0 Å². The topological polar surface area (TPSA) is 71.4 Å². The van der Waals surface area contributed by atoms with Gasteiger partial charge in [-0.2, -0.15) is 0 Å². The minimum Gasteiger partial charge on any atom is -0.481 e. The number of hydrogen-bond donors (Lipinski definition) is 1. The number of aliphatic carboxylic acids is 1. The molecule has 0 aliphatic heterocycles. The third kappa shape index (κ3) is 3.30. The molecule has 0 aromatic heterocycles. The number of carbonyl (C=O) groups is 1. The number of aryl methyl sites for hydroxylation is 3. The van der Waals surface area contributed by atoms with Crippen molar-refractivity contribution in [2.45, 2.75) is 32.1 Å². The highest BCUT2D eigenvalue weighted by molar-refractivity contribution is 7.91. The molecule has 0 bridgehead atoms. The van der Waals surface area contributed by atoms with Crippen molar-refractivity contribution in [3.05, 3.63) is 28.8 Å². The first kappa shape index (κ1) is 13.7. The van der Waals surface area contributed by atoms with Crippen molar-refractivity contribution in [3.63, 3.8) is 0 Å². The van der Waals surface area contributed by atoms with Gasteiger partial charge in [-0.3, -0.25) is 4.79 Å². The van der Waals surface area contributed by atoms with Crippen LogP contribution in [-0.2, 0) is 14.6 Å². The summed E-state index contributed by atoms with van der Waals surface area (Å²) in [6, 6.07) is 3.42. The van der Waals surface area contributed by atoms with Gasteiger partial charge in [0.05, 0.1) is 17.1 Å². The maximum Gasteiger partial charge on any atom is 0.304 e. The average Bonchev–Trinajstić information content (AvgIpc) is 2.20. The third-order valence-electron chi connectivity index (χ3n) is 2.71. The Morgan fingerprint density at radius 2 is 1.65 bits per heavy atom. The molecule has 0 saturated heterocycles. The molecule has 0 saturated carbocycles. The van der Waals surface area contributed by atoms with Crippen molar-refractivity contribution in [2.75, 3.05) is 5.75 Å². The Bertz CT molecular complexity index is 544. The van der Waals surface area contributed by atoms with E-state index in [1.165, 1.54) is 0 Å². The highest BCUT2D eigenvalue weighted by atomic mass is 32.2. The van der Waals surface area contributed by atoms with Crippen LogP contribution in [0.2, 0.25) is 0 Å². The molecule has 0 fully saturated rings. The van der Waals surface area contributed by atoms with Gasteiger partial charge >= 0.3 is 5.97 Å². The van der Waals surface area contributed by atoms with Crippen LogP contribution in [0.5, 0.6) is 0 Å². The lowest BCUT2D eigenvalue weighted by Gasteiger charge is -2.10. The number of hydrogen-bond acceptors (Lipinski definition) is 3. The van der Waals surface area contributed by atoms with E-state index in [2.05, 4.69) is 0 Å². The van der Waals surface area contributed by atoms with Crippen molar-refractivity contribution in [3.8, 4) is 0 Å². The van der Waals surface area contributed by atoms with Crippen molar-refractivity contribution in [2.24, 2.45) is 0 Å². The van der Waals surface area contributed by atoms with Gasteiger partial charge in [0, 0.05) is 0 Å². The number of sulfone groups is 1. The first-order valence-electron chi connectivity index (χ1n) is 5.26. The van der Waals surface area contributed by atoms with E-state index < -0.39 is 15.8 Å². The summed E-state index contributed by atoms with van der Waals surface area (Å²) in [6.45, 7) is 5.47. The van der Waals surface area contributed by atoms with Crippen molar-refractivity contribution in [1.29, 1.82) is 0 Å². The highest BCUT2D eigenvalue weighted by Crippen LogP contribution is 2.21. The molecule has 0 heterocycles. The normalized spacial score (nSPS) is 11.5. The summed E-state index contributed by atoms with van der Waals surface area (Å²) in [5, 5.41) is 8.53. The molecule has 1 aromatic carbocycles. The second-order valence-electron chi connectivity index (χ2n) is 4.16. The molecule has 94 valence electrons. The number of carboxylic acids is 1. The van der Waals surface area contributed by atoms with Gasteiger partial charge in [-0.05, 0) is 43.5 Å². The smallest absolute Gasteiger partial charge is 0.304 e. The predicted octanol–water partition coefficient (Wildman–Crippen LogP) is 1.86. The fourth-order valence-electron chi connectivity index (χ4n) is 1.60. The summed E-state index contributed by atoms with van der Waals surface area (Å²) >= 11 is 0. The largest absolute Gasteiger partial charge is 0.481 e.